The van der Waals surface area contributed by atoms with Crippen LogP contribution in [0.15, 0.2) is 0 Å². The first kappa shape index (κ1) is 27.1. The first-order chi connectivity index (χ1) is 11.6. The maximum Gasteiger partial charge on any atom is 0.0704 e. The molecule has 0 aliphatic rings. The third-order valence-electron chi connectivity index (χ3n) is 3.07. The molecule has 0 N–H and O–H groups in total. The minimum absolute atomic E-state index is 0. The van der Waals surface area contributed by atoms with Crippen molar-refractivity contribution in [2.45, 2.75) is 26.1 Å². The largest absolute Gasteiger partial charge is 0.541 e. The Morgan fingerprint density at radius 1 is 0.680 bits per heavy atom. The van der Waals surface area contributed by atoms with Crippen LogP contribution in [0.4, 0.5) is 0 Å². The molecule has 2 unspecified atom stereocenters. The van der Waals surface area contributed by atoms with E-state index in [4.69, 9.17) is 9.47 Å². The van der Waals surface area contributed by atoms with Gasteiger partial charge in [-0.1, -0.05) is 0 Å². The summed E-state index contributed by atoms with van der Waals surface area (Å²) in [6.07, 6.45) is 6.58. The van der Waals surface area contributed by atoms with E-state index in [1.165, 1.54) is 0 Å². The zero-order chi connectivity index (χ0) is 18.2. The number of rotatable bonds is 17. The topological polar surface area (TPSA) is 93.2 Å². The second-order valence-corrected chi connectivity index (χ2v) is 5.28. The quantitative estimate of drug-likeness (QED) is 0.184. The summed E-state index contributed by atoms with van der Waals surface area (Å²) in [4.78, 5) is 44.7. The van der Waals surface area contributed by atoms with Crippen molar-refractivity contribution in [3.63, 3.8) is 0 Å². The molecule has 0 heterocycles. The second-order valence-electron chi connectivity index (χ2n) is 5.28. The first-order valence-electron chi connectivity index (χ1n) is 7.65. The molecule has 0 bridgehead atoms. The Hall–Kier alpha value is -0.155. The third-order valence-corrected chi connectivity index (χ3v) is 3.07. The van der Waals surface area contributed by atoms with Gasteiger partial charge in [0.15, 0.2) is 0 Å². The molecule has 0 saturated heterocycles. The van der Waals surface area contributed by atoms with Crippen molar-refractivity contribution < 1.29 is 68.6 Å². The second kappa shape index (κ2) is 18.6. The molecular formula is C16H24GdN2O6-4. The summed E-state index contributed by atoms with van der Waals surface area (Å²) in [5, 5.41) is 0. The van der Waals surface area contributed by atoms with Gasteiger partial charge < -0.3 is 38.5 Å². The standard InChI is InChI=1S/C16H24N2O6.Gd/c1-15(13-17(3-7-19)4-8-20)23-11-12-24-16(2)14-18(5-9-21)6-10-22;/h15-16H,3-6,11-14H2,1-2H3;/q-4;. The van der Waals surface area contributed by atoms with E-state index in [2.05, 4.69) is 0 Å². The molecule has 0 aromatic heterocycles. The predicted octanol–water partition coefficient (Wildman–Crippen LogP) is -1.16. The van der Waals surface area contributed by atoms with Gasteiger partial charge in [0.05, 0.1) is 25.4 Å². The summed E-state index contributed by atoms with van der Waals surface area (Å²) in [5.41, 5.74) is 0. The van der Waals surface area contributed by atoms with E-state index < -0.39 is 0 Å². The molecule has 0 amide bonds. The van der Waals surface area contributed by atoms with Crippen LogP contribution in [0, 0.1) is 39.9 Å². The van der Waals surface area contributed by atoms with Gasteiger partial charge in [-0.2, -0.15) is 0 Å². The van der Waals surface area contributed by atoms with Gasteiger partial charge in [-0.25, -0.2) is 0 Å². The molecule has 0 aromatic carbocycles. The van der Waals surface area contributed by atoms with Crippen molar-refractivity contribution in [3.8, 4) is 0 Å². The van der Waals surface area contributed by atoms with Crippen LogP contribution in [0.3, 0.4) is 0 Å². The summed E-state index contributed by atoms with van der Waals surface area (Å²) < 4.78 is 11.1. The smallest absolute Gasteiger partial charge is 0.0704 e. The molecule has 146 valence electrons. The zero-order valence-corrected chi connectivity index (χ0v) is 16.8. The van der Waals surface area contributed by atoms with Crippen LogP contribution in [0.25, 0.3) is 0 Å². The van der Waals surface area contributed by atoms with Crippen molar-refractivity contribution in [1.82, 2.24) is 9.80 Å². The molecule has 2 atom stereocenters. The van der Waals surface area contributed by atoms with Gasteiger partial charge in [0.2, 0.25) is 0 Å². The number of hydrogen-bond acceptors (Lipinski definition) is 8. The van der Waals surface area contributed by atoms with Crippen LogP contribution >= 0.6 is 0 Å². The maximum absolute atomic E-state index is 10.4. The minimum atomic E-state index is -0.184. The summed E-state index contributed by atoms with van der Waals surface area (Å²) in [5.74, 6) is 0. The Kier molecular flexibility index (Phi) is 20.2. The number of hydrogen-bond donors (Lipinski definition) is 0. The average molecular weight is 498 g/mol. The average Bonchev–Trinajstić information content (AvgIpc) is 2.52. The zero-order valence-electron chi connectivity index (χ0n) is 14.5. The van der Waals surface area contributed by atoms with Crippen molar-refractivity contribution in [1.29, 1.82) is 0 Å². The van der Waals surface area contributed by atoms with Crippen LogP contribution in [0.2, 0.25) is 0 Å². The van der Waals surface area contributed by atoms with E-state index in [0.717, 1.165) is 0 Å². The minimum Gasteiger partial charge on any atom is -0.541 e. The van der Waals surface area contributed by atoms with Crippen LogP contribution in [0.5, 0.6) is 0 Å². The van der Waals surface area contributed by atoms with Gasteiger partial charge in [-0.15, -0.1) is 26.2 Å². The van der Waals surface area contributed by atoms with E-state index in [0.29, 0.717) is 26.3 Å². The Bertz CT molecular complexity index is 319. The molecule has 0 radical (unpaired) electrons. The van der Waals surface area contributed by atoms with Crippen molar-refractivity contribution >= 4 is 25.1 Å². The first-order valence-corrected chi connectivity index (χ1v) is 7.65. The fraction of sp³-hybridized carbons (Fsp3) is 0.750. The van der Waals surface area contributed by atoms with Gasteiger partial charge in [0.25, 0.3) is 0 Å². The van der Waals surface area contributed by atoms with Crippen molar-refractivity contribution in [2.24, 2.45) is 0 Å². The predicted molar refractivity (Wildman–Crippen MR) is 86.5 cm³/mol. The van der Waals surface area contributed by atoms with Gasteiger partial charge in [-0.05, 0) is 13.8 Å². The molecule has 8 nitrogen and oxygen atoms in total. The Labute approximate surface area is 181 Å². The molecular weight excluding hydrogens is 473 g/mol. The summed E-state index contributed by atoms with van der Waals surface area (Å²) in [6, 6.07) is 0. The van der Waals surface area contributed by atoms with Gasteiger partial charge >= 0.3 is 0 Å². The van der Waals surface area contributed by atoms with Crippen LogP contribution < -0.4 is 0 Å². The molecule has 25 heavy (non-hydrogen) atoms. The van der Waals surface area contributed by atoms with E-state index in [1.54, 1.807) is 34.9 Å². The van der Waals surface area contributed by atoms with E-state index >= 15 is 0 Å². The molecule has 0 rings (SSSR count). The molecule has 0 aromatic rings. The van der Waals surface area contributed by atoms with Crippen LogP contribution in [-0.4, -0.2) is 99.6 Å². The molecule has 9 heteroatoms. The summed E-state index contributed by atoms with van der Waals surface area (Å²) in [7, 11) is 0. The molecule has 0 fully saturated rings. The normalized spacial score (nSPS) is 13.1. The Balaban J connectivity index is 0. The van der Waals surface area contributed by atoms with E-state index in [1.807, 2.05) is 13.8 Å². The summed E-state index contributed by atoms with van der Waals surface area (Å²) in [6.45, 7) is 5.31. The van der Waals surface area contributed by atoms with Crippen LogP contribution in [0.1, 0.15) is 13.8 Å². The monoisotopic (exact) mass is 498 g/mol. The molecule has 0 aliphatic carbocycles. The summed E-state index contributed by atoms with van der Waals surface area (Å²) >= 11 is 0. The molecule has 0 spiro atoms. The molecule has 0 saturated carbocycles. The Morgan fingerprint density at radius 3 is 1.20 bits per heavy atom. The van der Waals surface area contributed by atoms with Gasteiger partial charge in [-0.3, -0.25) is 25.1 Å². The van der Waals surface area contributed by atoms with Crippen molar-refractivity contribution in [3.05, 3.63) is 0 Å². The Morgan fingerprint density at radius 2 is 0.960 bits per heavy atom. The fourth-order valence-electron chi connectivity index (χ4n) is 2.07. The van der Waals surface area contributed by atoms with Gasteiger partial charge in [0.1, 0.15) is 0 Å². The van der Waals surface area contributed by atoms with E-state index in [-0.39, 0.29) is 78.3 Å². The number of nitrogens with zero attached hydrogens (tertiary/aromatic N) is 2. The molecule has 0 aliphatic heterocycles. The fourth-order valence-corrected chi connectivity index (χ4v) is 2.07. The van der Waals surface area contributed by atoms with E-state index in [9.17, 15) is 19.2 Å². The number of carbonyl (C=O) groups excluding carboxylic acids is 4. The van der Waals surface area contributed by atoms with Crippen molar-refractivity contribution in [2.75, 3.05) is 52.5 Å². The van der Waals surface area contributed by atoms with Gasteiger partial charge in [0, 0.05) is 53.0 Å². The third kappa shape index (κ3) is 15.8. The number of ether oxygens (including phenoxy) is 2. The SMILES string of the molecule is CC(CN(C[C-]=O)C[C-]=O)OCCOC(C)CN(C[C-]=O)C[C-]=O.[Gd]. The van der Waals surface area contributed by atoms with Crippen LogP contribution in [-0.2, 0) is 28.7 Å². The maximum atomic E-state index is 10.4.